The predicted octanol–water partition coefficient (Wildman–Crippen LogP) is 3.70. The molecule has 2 aromatic rings. The monoisotopic (exact) mass is 257 g/mol. The van der Waals surface area contributed by atoms with Crippen LogP contribution in [0.3, 0.4) is 0 Å². The Morgan fingerprint density at radius 1 is 1.21 bits per heavy atom. The predicted molar refractivity (Wildman–Crippen MR) is 71.8 cm³/mol. The summed E-state index contributed by atoms with van der Waals surface area (Å²) in [4.78, 5) is 14.8. The van der Waals surface area contributed by atoms with Crippen LogP contribution in [0.5, 0.6) is 11.6 Å². The summed E-state index contributed by atoms with van der Waals surface area (Å²) in [5.74, 6) is 0.376. The molecule has 0 fully saturated rings. The van der Waals surface area contributed by atoms with Gasteiger partial charge < -0.3 is 9.84 Å². The van der Waals surface area contributed by atoms with Gasteiger partial charge in [0.05, 0.1) is 5.56 Å². The van der Waals surface area contributed by atoms with Gasteiger partial charge in [0.2, 0.25) is 5.88 Å². The Balaban J connectivity index is 2.16. The summed E-state index contributed by atoms with van der Waals surface area (Å²) < 4.78 is 5.53. The van der Waals surface area contributed by atoms with E-state index in [0.29, 0.717) is 11.7 Å². The number of aromatic nitrogens is 1. The lowest BCUT2D eigenvalue weighted by atomic mass is 10.0. The minimum Gasteiger partial charge on any atom is -0.478 e. The van der Waals surface area contributed by atoms with Gasteiger partial charge in [0.15, 0.2) is 0 Å². The molecule has 98 valence electrons. The fraction of sp³-hybridized carbons (Fsp3) is 0.200. The number of hydrogen-bond acceptors (Lipinski definition) is 3. The van der Waals surface area contributed by atoms with Crippen molar-refractivity contribution in [3.05, 3.63) is 53.7 Å². The number of carbonyl (C=O) groups is 1. The molecule has 1 heterocycles. The number of aromatic carboxylic acids is 1. The van der Waals surface area contributed by atoms with Gasteiger partial charge in [0.1, 0.15) is 5.75 Å². The Hall–Kier alpha value is -2.36. The van der Waals surface area contributed by atoms with E-state index in [1.807, 2.05) is 24.3 Å². The van der Waals surface area contributed by atoms with Gasteiger partial charge in [0, 0.05) is 12.3 Å². The zero-order valence-electron chi connectivity index (χ0n) is 10.8. The molecule has 1 aromatic carbocycles. The van der Waals surface area contributed by atoms with Crippen molar-refractivity contribution in [2.45, 2.75) is 19.8 Å². The van der Waals surface area contributed by atoms with E-state index in [1.165, 1.54) is 23.9 Å². The maximum absolute atomic E-state index is 10.8. The Morgan fingerprint density at radius 2 is 1.89 bits per heavy atom. The smallest absolute Gasteiger partial charge is 0.335 e. The van der Waals surface area contributed by atoms with Crippen LogP contribution in [0.25, 0.3) is 0 Å². The SMILES string of the molecule is CC(C)c1ccc(Oc2cc(C(=O)O)ccn2)cc1. The van der Waals surface area contributed by atoms with Crippen LogP contribution >= 0.6 is 0 Å². The molecule has 1 aromatic heterocycles. The average molecular weight is 257 g/mol. The highest BCUT2D eigenvalue weighted by Gasteiger charge is 2.06. The molecule has 19 heavy (non-hydrogen) atoms. The van der Waals surface area contributed by atoms with Crippen molar-refractivity contribution in [2.75, 3.05) is 0 Å². The molecular formula is C15H15NO3. The summed E-state index contributed by atoms with van der Waals surface area (Å²) in [6.45, 7) is 4.24. The van der Waals surface area contributed by atoms with Crippen molar-refractivity contribution in [2.24, 2.45) is 0 Å². The second-order valence-corrected chi connectivity index (χ2v) is 4.51. The number of carboxylic acid groups (broad SMARTS) is 1. The number of rotatable bonds is 4. The molecule has 1 N–H and O–H groups in total. The highest BCUT2D eigenvalue weighted by Crippen LogP contribution is 2.23. The number of nitrogens with zero attached hydrogens (tertiary/aromatic N) is 1. The van der Waals surface area contributed by atoms with Crippen molar-refractivity contribution >= 4 is 5.97 Å². The number of carboxylic acids is 1. The van der Waals surface area contributed by atoms with Crippen LogP contribution in [0, 0.1) is 0 Å². The molecule has 0 amide bonds. The topological polar surface area (TPSA) is 59.4 Å². The molecule has 0 unspecified atom stereocenters. The molecule has 0 aliphatic rings. The van der Waals surface area contributed by atoms with Crippen molar-refractivity contribution in [3.63, 3.8) is 0 Å². The van der Waals surface area contributed by atoms with Gasteiger partial charge in [-0.15, -0.1) is 0 Å². The van der Waals surface area contributed by atoms with Gasteiger partial charge >= 0.3 is 5.97 Å². The van der Waals surface area contributed by atoms with Crippen molar-refractivity contribution in [1.29, 1.82) is 0 Å². The van der Waals surface area contributed by atoms with Gasteiger partial charge in [-0.05, 0) is 29.7 Å². The summed E-state index contributed by atoms with van der Waals surface area (Å²) >= 11 is 0. The van der Waals surface area contributed by atoms with Crippen LogP contribution in [0.2, 0.25) is 0 Å². The number of pyridine rings is 1. The summed E-state index contributed by atoms with van der Waals surface area (Å²) in [7, 11) is 0. The highest BCUT2D eigenvalue weighted by molar-refractivity contribution is 5.87. The Kier molecular flexibility index (Phi) is 3.80. The van der Waals surface area contributed by atoms with Crippen LogP contribution in [-0.4, -0.2) is 16.1 Å². The lowest BCUT2D eigenvalue weighted by molar-refractivity contribution is 0.0696. The third-order valence-electron chi connectivity index (χ3n) is 2.75. The summed E-state index contributed by atoms with van der Waals surface area (Å²) in [6, 6.07) is 10.5. The van der Waals surface area contributed by atoms with E-state index in [0.717, 1.165) is 0 Å². The average Bonchev–Trinajstić information content (AvgIpc) is 2.39. The Bertz CT molecular complexity index is 576. The number of ether oxygens (including phenoxy) is 1. The first-order valence-corrected chi connectivity index (χ1v) is 6.03. The van der Waals surface area contributed by atoms with E-state index in [9.17, 15) is 4.79 Å². The van der Waals surface area contributed by atoms with Crippen LogP contribution < -0.4 is 4.74 Å². The first-order chi connectivity index (χ1) is 9.06. The van der Waals surface area contributed by atoms with Crippen molar-refractivity contribution < 1.29 is 14.6 Å². The van der Waals surface area contributed by atoms with E-state index < -0.39 is 5.97 Å². The highest BCUT2D eigenvalue weighted by atomic mass is 16.5. The summed E-state index contributed by atoms with van der Waals surface area (Å²) in [6.07, 6.45) is 1.42. The zero-order valence-corrected chi connectivity index (χ0v) is 10.8. The van der Waals surface area contributed by atoms with Crippen LogP contribution in [0.1, 0.15) is 35.7 Å². The molecule has 2 rings (SSSR count). The van der Waals surface area contributed by atoms with Gasteiger partial charge in [-0.3, -0.25) is 0 Å². The van der Waals surface area contributed by atoms with E-state index in [1.54, 1.807) is 0 Å². The first-order valence-electron chi connectivity index (χ1n) is 6.03. The molecule has 4 heteroatoms. The van der Waals surface area contributed by atoms with E-state index >= 15 is 0 Å². The second kappa shape index (κ2) is 5.52. The quantitative estimate of drug-likeness (QED) is 0.907. The van der Waals surface area contributed by atoms with Crippen LogP contribution in [0.4, 0.5) is 0 Å². The third-order valence-corrected chi connectivity index (χ3v) is 2.75. The van der Waals surface area contributed by atoms with Gasteiger partial charge in [0.25, 0.3) is 0 Å². The number of hydrogen-bond donors (Lipinski definition) is 1. The Labute approximate surface area is 111 Å². The van der Waals surface area contributed by atoms with Gasteiger partial charge in [-0.25, -0.2) is 9.78 Å². The minimum atomic E-state index is -0.998. The molecule has 0 radical (unpaired) electrons. The molecule has 0 spiro atoms. The molecule has 0 bridgehead atoms. The van der Waals surface area contributed by atoms with Crippen molar-refractivity contribution in [1.82, 2.24) is 4.98 Å². The zero-order chi connectivity index (χ0) is 13.8. The molecule has 0 atom stereocenters. The largest absolute Gasteiger partial charge is 0.478 e. The summed E-state index contributed by atoms with van der Waals surface area (Å²) in [5.41, 5.74) is 1.38. The second-order valence-electron chi connectivity index (χ2n) is 4.51. The third kappa shape index (κ3) is 3.31. The molecule has 4 nitrogen and oxygen atoms in total. The molecular weight excluding hydrogens is 242 g/mol. The maximum atomic E-state index is 10.8. The van der Waals surface area contributed by atoms with Gasteiger partial charge in [-0.1, -0.05) is 26.0 Å². The lowest BCUT2D eigenvalue weighted by Crippen LogP contribution is -1.97. The lowest BCUT2D eigenvalue weighted by Gasteiger charge is -2.08. The van der Waals surface area contributed by atoms with E-state index in [4.69, 9.17) is 9.84 Å². The standard InChI is InChI=1S/C15H15NO3/c1-10(2)11-3-5-13(6-4-11)19-14-9-12(15(17)18)7-8-16-14/h3-10H,1-2H3,(H,17,18). The molecule has 0 saturated carbocycles. The molecule has 0 aliphatic carbocycles. The summed E-state index contributed by atoms with van der Waals surface area (Å²) in [5, 5.41) is 8.89. The molecule has 0 saturated heterocycles. The normalized spacial score (nSPS) is 10.5. The number of benzene rings is 1. The maximum Gasteiger partial charge on any atom is 0.335 e. The molecule has 0 aliphatic heterocycles. The fourth-order valence-corrected chi connectivity index (χ4v) is 1.64. The minimum absolute atomic E-state index is 0.156. The first kappa shape index (κ1) is 13.1. The van der Waals surface area contributed by atoms with E-state index in [2.05, 4.69) is 18.8 Å². The van der Waals surface area contributed by atoms with Crippen LogP contribution in [-0.2, 0) is 0 Å². The van der Waals surface area contributed by atoms with Gasteiger partial charge in [-0.2, -0.15) is 0 Å². The van der Waals surface area contributed by atoms with Crippen LogP contribution in [0.15, 0.2) is 42.6 Å². The van der Waals surface area contributed by atoms with E-state index in [-0.39, 0.29) is 11.4 Å². The Morgan fingerprint density at radius 3 is 2.47 bits per heavy atom. The fourth-order valence-electron chi connectivity index (χ4n) is 1.64. The van der Waals surface area contributed by atoms with Crippen molar-refractivity contribution in [3.8, 4) is 11.6 Å².